The molecule has 9 nitrogen and oxygen atoms in total. The second kappa shape index (κ2) is 9.67. The van der Waals surface area contributed by atoms with Gasteiger partial charge in [-0.15, -0.1) is 0 Å². The highest BCUT2D eigenvalue weighted by Gasteiger charge is 2.31. The van der Waals surface area contributed by atoms with Crippen LogP contribution in [-0.4, -0.2) is 22.5 Å². The molecule has 0 bridgehead atoms. The number of nitrogens with one attached hydrogen (secondary N) is 1. The highest BCUT2D eigenvalue weighted by atomic mass is 19.4. The van der Waals surface area contributed by atoms with Crippen molar-refractivity contribution >= 4 is 23.2 Å². The number of benzene rings is 2. The third-order valence-electron chi connectivity index (χ3n) is 5.10. The van der Waals surface area contributed by atoms with Crippen LogP contribution in [0.25, 0.3) is 10.4 Å². The first-order chi connectivity index (χ1) is 16.3. The molecule has 34 heavy (non-hydrogen) atoms. The first-order valence-electron chi connectivity index (χ1n) is 10.3. The zero-order chi connectivity index (χ0) is 24.1. The Bertz CT molecular complexity index is 1260. The molecule has 0 spiro atoms. The Labute approximate surface area is 191 Å². The zero-order valence-electron chi connectivity index (χ0n) is 17.7. The van der Waals surface area contributed by atoms with Crippen LogP contribution < -0.4 is 15.0 Å². The molecule has 2 heterocycles. The van der Waals surface area contributed by atoms with Gasteiger partial charge in [0.2, 0.25) is 5.88 Å². The van der Waals surface area contributed by atoms with Gasteiger partial charge in [-0.2, -0.15) is 13.2 Å². The number of rotatable bonds is 4. The number of hydrogen-bond donors (Lipinski definition) is 1. The summed E-state index contributed by atoms with van der Waals surface area (Å²) in [6.45, 7) is 0.416. The Balaban J connectivity index is 1.55. The van der Waals surface area contributed by atoms with Crippen molar-refractivity contribution in [3.05, 3.63) is 76.4 Å². The number of ether oxygens (including phenoxy) is 1. The lowest BCUT2D eigenvalue weighted by molar-refractivity contribution is -0.137. The summed E-state index contributed by atoms with van der Waals surface area (Å²) in [5.74, 6) is 0.759. The largest absolute Gasteiger partial charge is 0.439 e. The lowest BCUT2D eigenvalue weighted by atomic mass is 10.1. The third-order valence-corrected chi connectivity index (χ3v) is 5.10. The van der Waals surface area contributed by atoms with Gasteiger partial charge in [0.1, 0.15) is 17.9 Å². The second-order valence-electron chi connectivity index (χ2n) is 7.41. The number of fused-ring (bicyclic) bond motifs is 1. The van der Waals surface area contributed by atoms with Crippen LogP contribution >= 0.6 is 0 Å². The van der Waals surface area contributed by atoms with Crippen LogP contribution in [0.15, 0.2) is 60.0 Å². The number of urea groups is 1. The quantitative estimate of drug-likeness (QED) is 0.263. The van der Waals surface area contributed by atoms with Gasteiger partial charge in [-0.25, -0.2) is 14.8 Å². The fourth-order valence-corrected chi connectivity index (χ4v) is 3.58. The van der Waals surface area contributed by atoms with Crippen LogP contribution in [0.3, 0.4) is 0 Å². The summed E-state index contributed by atoms with van der Waals surface area (Å²) < 4.78 is 44.8. The van der Waals surface area contributed by atoms with Crippen molar-refractivity contribution in [2.45, 2.75) is 25.4 Å². The minimum absolute atomic E-state index is 0.0603. The highest BCUT2D eigenvalue weighted by molar-refractivity contribution is 6.02. The van der Waals surface area contributed by atoms with Crippen molar-refractivity contribution in [3.63, 3.8) is 0 Å². The van der Waals surface area contributed by atoms with Crippen LogP contribution in [0, 0.1) is 0 Å². The fourth-order valence-electron chi connectivity index (χ4n) is 3.58. The molecule has 1 aliphatic heterocycles. The number of carbonyl (C=O) groups is 1. The Morgan fingerprint density at radius 2 is 2.00 bits per heavy atom. The van der Waals surface area contributed by atoms with Gasteiger partial charge >= 0.3 is 12.2 Å². The summed E-state index contributed by atoms with van der Waals surface area (Å²) in [4.78, 5) is 25.0. The zero-order valence-corrected chi connectivity index (χ0v) is 17.7. The van der Waals surface area contributed by atoms with Gasteiger partial charge in [0.05, 0.1) is 5.56 Å². The molecule has 0 radical (unpaired) electrons. The number of halogens is 3. The van der Waals surface area contributed by atoms with E-state index in [0.29, 0.717) is 24.4 Å². The molecule has 4 rings (SSSR count). The number of carbonyl (C=O) groups excluding carboxylic acids is 1. The molecule has 0 unspecified atom stereocenters. The predicted molar refractivity (Wildman–Crippen MR) is 118 cm³/mol. The van der Waals surface area contributed by atoms with E-state index in [1.54, 1.807) is 18.2 Å². The Hall–Kier alpha value is -4.31. The Morgan fingerprint density at radius 1 is 1.15 bits per heavy atom. The molecule has 0 aliphatic carbocycles. The average Bonchev–Trinajstić information content (AvgIpc) is 3.01. The van der Waals surface area contributed by atoms with Crippen LogP contribution in [0.1, 0.15) is 24.0 Å². The molecular formula is C22H18F3N7O2. The van der Waals surface area contributed by atoms with Gasteiger partial charge < -0.3 is 10.1 Å². The van der Waals surface area contributed by atoms with Crippen molar-refractivity contribution in [2.75, 3.05) is 16.8 Å². The number of amides is 2. The number of alkyl halides is 3. The van der Waals surface area contributed by atoms with Crippen LogP contribution in [-0.2, 0) is 12.6 Å². The maximum absolute atomic E-state index is 13.0. The van der Waals surface area contributed by atoms with Gasteiger partial charge in [0, 0.05) is 28.9 Å². The van der Waals surface area contributed by atoms with Crippen LogP contribution in [0.4, 0.5) is 35.2 Å². The minimum Gasteiger partial charge on any atom is -0.439 e. The SMILES string of the molecule is [N-]=[N+]=Nc1cc(Oc2ccc3c(c2)CCCCN3C(=O)Nc2cccc(C(F)(F)F)c2)ncn1. The van der Waals surface area contributed by atoms with E-state index in [-0.39, 0.29) is 17.4 Å². The monoisotopic (exact) mass is 469 g/mol. The van der Waals surface area contributed by atoms with E-state index < -0.39 is 17.8 Å². The molecule has 0 atom stereocenters. The van der Waals surface area contributed by atoms with Crippen molar-refractivity contribution in [1.29, 1.82) is 0 Å². The van der Waals surface area contributed by atoms with Gasteiger partial charge in [0.15, 0.2) is 0 Å². The molecule has 174 valence electrons. The van der Waals surface area contributed by atoms with Gasteiger partial charge in [0.25, 0.3) is 0 Å². The van der Waals surface area contributed by atoms with E-state index in [9.17, 15) is 18.0 Å². The number of azide groups is 1. The van der Waals surface area contributed by atoms with E-state index >= 15 is 0 Å². The maximum Gasteiger partial charge on any atom is 0.416 e. The first-order valence-corrected chi connectivity index (χ1v) is 10.3. The number of aryl methyl sites for hydroxylation is 1. The molecule has 0 saturated heterocycles. The summed E-state index contributed by atoms with van der Waals surface area (Å²) in [6, 6.07) is 10.5. The van der Waals surface area contributed by atoms with E-state index in [1.165, 1.54) is 29.4 Å². The summed E-state index contributed by atoms with van der Waals surface area (Å²) in [5, 5.41) is 5.97. The summed E-state index contributed by atoms with van der Waals surface area (Å²) in [6.07, 6.45) is -1.06. The molecule has 12 heteroatoms. The van der Waals surface area contributed by atoms with Crippen molar-refractivity contribution in [1.82, 2.24) is 9.97 Å². The van der Waals surface area contributed by atoms with E-state index in [4.69, 9.17) is 10.3 Å². The first kappa shape index (κ1) is 22.9. The fraction of sp³-hybridized carbons (Fsp3) is 0.227. The van der Waals surface area contributed by atoms with Crippen molar-refractivity contribution in [3.8, 4) is 11.6 Å². The van der Waals surface area contributed by atoms with Gasteiger partial charge in [-0.3, -0.25) is 4.90 Å². The summed E-state index contributed by atoms with van der Waals surface area (Å²) >= 11 is 0. The van der Waals surface area contributed by atoms with Crippen LogP contribution in [0.5, 0.6) is 11.6 Å². The Kier molecular flexibility index (Phi) is 6.51. The molecule has 1 N–H and O–H groups in total. The maximum atomic E-state index is 13.0. The molecule has 1 aromatic heterocycles. The number of nitrogens with zero attached hydrogens (tertiary/aromatic N) is 6. The second-order valence-corrected chi connectivity index (χ2v) is 7.41. The third kappa shape index (κ3) is 5.36. The predicted octanol–water partition coefficient (Wildman–Crippen LogP) is 6.60. The molecule has 2 amide bonds. The average molecular weight is 469 g/mol. The lowest BCUT2D eigenvalue weighted by Gasteiger charge is -2.24. The smallest absolute Gasteiger partial charge is 0.416 e. The molecule has 3 aromatic rings. The number of anilines is 2. The van der Waals surface area contributed by atoms with E-state index in [2.05, 4.69) is 25.3 Å². The normalized spacial score (nSPS) is 13.3. The molecule has 2 aromatic carbocycles. The lowest BCUT2D eigenvalue weighted by Crippen LogP contribution is -2.35. The molecular weight excluding hydrogens is 451 g/mol. The van der Waals surface area contributed by atoms with Gasteiger partial charge in [-0.05, 0) is 71.9 Å². The topological polar surface area (TPSA) is 116 Å². The highest BCUT2D eigenvalue weighted by Crippen LogP contribution is 2.33. The van der Waals surface area contributed by atoms with E-state index in [0.717, 1.165) is 30.5 Å². The van der Waals surface area contributed by atoms with Crippen molar-refractivity contribution < 1.29 is 22.7 Å². The Morgan fingerprint density at radius 3 is 2.79 bits per heavy atom. The number of hydrogen-bond acceptors (Lipinski definition) is 5. The molecule has 1 aliphatic rings. The van der Waals surface area contributed by atoms with Crippen molar-refractivity contribution in [2.24, 2.45) is 5.11 Å². The molecule has 0 saturated carbocycles. The summed E-state index contributed by atoms with van der Waals surface area (Å²) in [5.41, 5.74) is 9.26. The van der Waals surface area contributed by atoms with Crippen LogP contribution in [0.2, 0.25) is 0 Å². The number of aromatic nitrogens is 2. The van der Waals surface area contributed by atoms with E-state index in [1.807, 2.05) is 0 Å². The standard InChI is InChI=1S/C22H18F3N7O2/c23-22(24,25)15-5-3-6-16(11-15)29-21(33)32-9-2-1-4-14-10-17(7-8-18(14)32)34-20-12-19(30-31-26)27-13-28-20/h3,5-8,10-13H,1-2,4,9H2,(H,29,33). The molecule has 0 fully saturated rings. The van der Waals surface area contributed by atoms with Gasteiger partial charge in [-0.1, -0.05) is 6.07 Å². The summed E-state index contributed by atoms with van der Waals surface area (Å²) in [7, 11) is 0. The minimum atomic E-state index is -4.50.